The van der Waals surface area contributed by atoms with Crippen LogP contribution in [-0.2, 0) is 9.47 Å². The molecule has 0 aromatic heterocycles. The Bertz CT molecular complexity index is 259. The number of rotatable bonds is 3. The lowest BCUT2D eigenvalue weighted by Gasteiger charge is -2.41. The molecule has 2 aliphatic heterocycles. The van der Waals surface area contributed by atoms with Gasteiger partial charge in [0.25, 0.3) is 0 Å². The first-order chi connectivity index (χ1) is 9.42. The molecule has 3 fully saturated rings. The van der Waals surface area contributed by atoms with Crippen molar-refractivity contribution in [2.24, 2.45) is 5.92 Å². The van der Waals surface area contributed by atoms with Crippen LogP contribution in [0.4, 0.5) is 0 Å². The van der Waals surface area contributed by atoms with Gasteiger partial charge in [-0.1, -0.05) is 32.1 Å². The van der Waals surface area contributed by atoms with Crippen LogP contribution in [0.3, 0.4) is 0 Å². The molecule has 0 amide bonds. The van der Waals surface area contributed by atoms with Crippen LogP contribution in [0.25, 0.3) is 0 Å². The molecule has 2 heterocycles. The number of hydrogen-bond acceptors (Lipinski definition) is 3. The highest BCUT2D eigenvalue weighted by molar-refractivity contribution is 4.82. The van der Waals surface area contributed by atoms with E-state index in [2.05, 4.69) is 4.90 Å². The number of nitrogens with zero attached hydrogens (tertiary/aromatic N) is 1. The normalized spacial score (nSPS) is 32.5. The fourth-order valence-corrected chi connectivity index (χ4v) is 4.06. The van der Waals surface area contributed by atoms with Crippen molar-refractivity contribution >= 4 is 0 Å². The Morgan fingerprint density at radius 2 is 1.68 bits per heavy atom. The van der Waals surface area contributed by atoms with Gasteiger partial charge in [0.2, 0.25) is 0 Å². The van der Waals surface area contributed by atoms with Crippen LogP contribution in [0.5, 0.6) is 0 Å². The Morgan fingerprint density at radius 1 is 0.895 bits per heavy atom. The zero-order chi connectivity index (χ0) is 12.9. The first-order valence-electron chi connectivity index (χ1n) is 8.35. The molecule has 3 heteroatoms. The fourth-order valence-electron chi connectivity index (χ4n) is 4.06. The standard InChI is InChI=1S/C16H29NO2/c1-2-4-14(5-3-1)12-16-13-17(8-11-19-16)15-6-9-18-10-7-15/h14-16H,1-13H2. The minimum atomic E-state index is 0.500. The molecule has 3 aliphatic rings. The second-order valence-electron chi connectivity index (χ2n) is 6.57. The Kier molecular flexibility index (Phi) is 5.14. The number of ether oxygens (including phenoxy) is 2. The van der Waals surface area contributed by atoms with Crippen LogP contribution in [0.1, 0.15) is 51.4 Å². The molecule has 0 aromatic rings. The van der Waals surface area contributed by atoms with Crippen molar-refractivity contribution in [1.82, 2.24) is 4.90 Å². The maximum absolute atomic E-state index is 6.03. The van der Waals surface area contributed by atoms with Crippen LogP contribution >= 0.6 is 0 Å². The summed E-state index contributed by atoms with van der Waals surface area (Å²) in [5, 5.41) is 0. The first kappa shape index (κ1) is 13.8. The molecular formula is C16H29NO2. The van der Waals surface area contributed by atoms with Crippen molar-refractivity contribution in [3.63, 3.8) is 0 Å². The summed E-state index contributed by atoms with van der Waals surface area (Å²) in [6.07, 6.45) is 11.5. The van der Waals surface area contributed by atoms with Gasteiger partial charge in [-0.2, -0.15) is 0 Å². The summed E-state index contributed by atoms with van der Waals surface area (Å²) in [7, 11) is 0. The van der Waals surface area contributed by atoms with Crippen LogP contribution < -0.4 is 0 Å². The zero-order valence-corrected chi connectivity index (χ0v) is 12.2. The van der Waals surface area contributed by atoms with Crippen molar-refractivity contribution in [3.05, 3.63) is 0 Å². The minimum absolute atomic E-state index is 0.500. The molecule has 1 unspecified atom stereocenters. The summed E-state index contributed by atoms with van der Waals surface area (Å²) in [5.41, 5.74) is 0. The monoisotopic (exact) mass is 267 g/mol. The Hall–Kier alpha value is -0.120. The topological polar surface area (TPSA) is 21.7 Å². The third-order valence-electron chi connectivity index (χ3n) is 5.20. The average molecular weight is 267 g/mol. The van der Waals surface area contributed by atoms with Crippen molar-refractivity contribution in [2.45, 2.75) is 63.5 Å². The second-order valence-corrected chi connectivity index (χ2v) is 6.57. The molecule has 0 aromatic carbocycles. The van der Waals surface area contributed by atoms with Gasteiger partial charge in [-0.15, -0.1) is 0 Å². The average Bonchev–Trinajstić information content (AvgIpc) is 2.49. The van der Waals surface area contributed by atoms with Crippen molar-refractivity contribution in [1.29, 1.82) is 0 Å². The number of hydrogen-bond donors (Lipinski definition) is 0. The quantitative estimate of drug-likeness (QED) is 0.785. The molecule has 2 saturated heterocycles. The summed E-state index contributed by atoms with van der Waals surface area (Å²) in [6, 6.07) is 0.756. The maximum Gasteiger partial charge on any atom is 0.0705 e. The van der Waals surface area contributed by atoms with Crippen molar-refractivity contribution < 1.29 is 9.47 Å². The van der Waals surface area contributed by atoms with Gasteiger partial charge in [0.1, 0.15) is 0 Å². The lowest BCUT2D eigenvalue weighted by Crippen LogP contribution is -2.49. The van der Waals surface area contributed by atoms with E-state index in [9.17, 15) is 0 Å². The summed E-state index contributed by atoms with van der Waals surface area (Å²) < 4.78 is 11.5. The van der Waals surface area contributed by atoms with Crippen LogP contribution in [0.2, 0.25) is 0 Å². The predicted molar refractivity (Wildman–Crippen MR) is 76.3 cm³/mol. The molecule has 3 nitrogen and oxygen atoms in total. The third-order valence-corrected chi connectivity index (χ3v) is 5.20. The Balaban J connectivity index is 1.46. The summed E-state index contributed by atoms with van der Waals surface area (Å²) >= 11 is 0. The lowest BCUT2D eigenvalue weighted by atomic mass is 9.85. The van der Waals surface area contributed by atoms with Gasteiger partial charge in [0.05, 0.1) is 12.7 Å². The minimum Gasteiger partial charge on any atom is -0.381 e. The third kappa shape index (κ3) is 3.93. The molecule has 110 valence electrons. The summed E-state index contributed by atoms with van der Waals surface area (Å²) in [6.45, 7) is 5.15. The van der Waals surface area contributed by atoms with E-state index in [4.69, 9.17) is 9.47 Å². The molecule has 19 heavy (non-hydrogen) atoms. The van der Waals surface area contributed by atoms with E-state index in [1.54, 1.807) is 0 Å². The molecule has 1 aliphatic carbocycles. The Labute approximate surface area is 117 Å². The van der Waals surface area contributed by atoms with Gasteiger partial charge in [-0.3, -0.25) is 4.90 Å². The van der Waals surface area contributed by atoms with E-state index in [1.165, 1.54) is 57.9 Å². The van der Waals surface area contributed by atoms with Crippen LogP contribution in [0, 0.1) is 5.92 Å². The largest absolute Gasteiger partial charge is 0.381 e. The van der Waals surface area contributed by atoms with Crippen molar-refractivity contribution in [3.8, 4) is 0 Å². The highest BCUT2D eigenvalue weighted by Crippen LogP contribution is 2.29. The summed E-state index contributed by atoms with van der Waals surface area (Å²) in [5.74, 6) is 0.938. The lowest BCUT2D eigenvalue weighted by molar-refractivity contribution is -0.0703. The van der Waals surface area contributed by atoms with Crippen molar-refractivity contribution in [2.75, 3.05) is 32.9 Å². The maximum atomic E-state index is 6.03. The number of morpholine rings is 1. The smallest absolute Gasteiger partial charge is 0.0705 e. The molecular weight excluding hydrogens is 238 g/mol. The van der Waals surface area contributed by atoms with E-state index in [-0.39, 0.29) is 0 Å². The van der Waals surface area contributed by atoms with Gasteiger partial charge in [0, 0.05) is 32.3 Å². The SMILES string of the molecule is C1CCC(CC2CN(C3CCOCC3)CCO2)CC1. The molecule has 0 spiro atoms. The zero-order valence-electron chi connectivity index (χ0n) is 12.2. The predicted octanol–water partition coefficient (Wildman–Crippen LogP) is 2.84. The van der Waals surface area contributed by atoms with Gasteiger partial charge in [-0.25, -0.2) is 0 Å². The van der Waals surface area contributed by atoms with Gasteiger partial charge < -0.3 is 9.47 Å². The second kappa shape index (κ2) is 7.05. The summed E-state index contributed by atoms with van der Waals surface area (Å²) in [4.78, 5) is 2.68. The first-order valence-corrected chi connectivity index (χ1v) is 8.35. The van der Waals surface area contributed by atoms with E-state index < -0.39 is 0 Å². The fraction of sp³-hybridized carbons (Fsp3) is 1.00. The molecule has 3 rings (SSSR count). The van der Waals surface area contributed by atoms with E-state index in [0.717, 1.165) is 38.3 Å². The Morgan fingerprint density at radius 3 is 2.47 bits per heavy atom. The van der Waals surface area contributed by atoms with Gasteiger partial charge in [0.15, 0.2) is 0 Å². The van der Waals surface area contributed by atoms with E-state index in [0.29, 0.717) is 6.10 Å². The van der Waals surface area contributed by atoms with E-state index in [1.807, 2.05) is 0 Å². The molecule has 1 atom stereocenters. The highest BCUT2D eigenvalue weighted by atomic mass is 16.5. The molecule has 1 saturated carbocycles. The van der Waals surface area contributed by atoms with E-state index >= 15 is 0 Å². The van der Waals surface area contributed by atoms with Gasteiger partial charge >= 0.3 is 0 Å². The molecule has 0 bridgehead atoms. The molecule has 0 N–H and O–H groups in total. The van der Waals surface area contributed by atoms with Crippen LogP contribution in [-0.4, -0.2) is 50.0 Å². The highest BCUT2D eigenvalue weighted by Gasteiger charge is 2.29. The molecule has 0 radical (unpaired) electrons. The van der Waals surface area contributed by atoms with Crippen LogP contribution in [0.15, 0.2) is 0 Å². The van der Waals surface area contributed by atoms with Gasteiger partial charge in [-0.05, 0) is 25.2 Å².